The molecule has 5 nitrogen and oxygen atoms in total. The van der Waals surface area contributed by atoms with E-state index in [2.05, 4.69) is 24.8 Å². The Hall–Kier alpha value is -3.26. The van der Waals surface area contributed by atoms with Crippen molar-refractivity contribution >= 4 is 11.9 Å². The van der Waals surface area contributed by atoms with Crippen LogP contribution in [0.25, 0.3) is 0 Å². The highest BCUT2D eigenvalue weighted by Gasteiger charge is 2.52. The first-order chi connectivity index (χ1) is 17.3. The molecule has 4 saturated carbocycles. The monoisotopic (exact) mass is 486 g/mol. The van der Waals surface area contributed by atoms with Crippen LogP contribution in [0, 0.1) is 29.6 Å². The molecule has 1 N–H and O–H groups in total. The van der Waals surface area contributed by atoms with E-state index >= 15 is 0 Å². The molecule has 0 spiro atoms. The van der Waals surface area contributed by atoms with Crippen molar-refractivity contribution in [2.75, 3.05) is 0 Å². The molecule has 36 heavy (non-hydrogen) atoms. The highest BCUT2D eigenvalue weighted by Crippen LogP contribution is 2.62. The molecule has 0 heterocycles. The molecule has 4 aliphatic rings. The zero-order valence-electron chi connectivity index (χ0n) is 21.1. The van der Waals surface area contributed by atoms with Crippen molar-refractivity contribution in [1.82, 2.24) is 0 Å². The van der Waals surface area contributed by atoms with Gasteiger partial charge in [-0.1, -0.05) is 18.8 Å². The summed E-state index contributed by atoms with van der Waals surface area (Å²) in [7, 11) is 0. The van der Waals surface area contributed by atoms with Gasteiger partial charge in [-0.25, -0.2) is 4.79 Å². The van der Waals surface area contributed by atoms with Gasteiger partial charge in [-0.2, -0.15) is 0 Å². The molecule has 188 valence electrons. The third-order valence-corrected chi connectivity index (χ3v) is 8.15. The second-order valence-corrected chi connectivity index (χ2v) is 11.0. The number of hydrogen-bond donors (Lipinski definition) is 1. The molecule has 2 aromatic carbocycles. The van der Waals surface area contributed by atoms with Crippen LogP contribution in [-0.2, 0) is 14.9 Å². The van der Waals surface area contributed by atoms with Gasteiger partial charge in [0.05, 0.1) is 5.56 Å². The molecular weight excluding hydrogens is 452 g/mol. The summed E-state index contributed by atoms with van der Waals surface area (Å²) < 4.78 is 11.9. The van der Waals surface area contributed by atoms with E-state index in [0.29, 0.717) is 6.42 Å². The van der Waals surface area contributed by atoms with E-state index in [1.165, 1.54) is 51.0 Å². The van der Waals surface area contributed by atoms with Gasteiger partial charge in [0, 0.05) is 30.0 Å². The summed E-state index contributed by atoms with van der Waals surface area (Å²) in [6, 6.07) is 12.8. The van der Waals surface area contributed by atoms with Gasteiger partial charge in [0.2, 0.25) is 6.29 Å². The summed E-state index contributed by atoms with van der Waals surface area (Å²) in [4.78, 5) is 22.8. The Kier molecular flexibility index (Phi) is 6.79. The minimum absolute atomic E-state index is 0.0951. The number of carboxylic acids is 1. The lowest BCUT2D eigenvalue weighted by Gasteiger charge is -2.57. The number of carbonyl (C=O) groups is 2. The van der Waals surface area contributed by atoms with Crippen LogP contribution in [0.4, 0.5) is 0 Å². The zero-order chi connectivity index (χ0) is 25.3. The van der Waals surface area contributed by atoms with Crippen molar-refractivity contribution in [3.05, 3.63) is 64.7 Å². The lowest BCUT2D eigenvalue weighted by atomic mass is 9.48. The van der Waals surface area contributed by atoms with Crippen LogP contribution in [0.3, 0.4) is 0 Å². The molecule has 4 fully saturated rings. The number of aromatic carboxylic acids is 1. The molecule has 4 bridgehead atoms. The molecule has 1 unspecified atom stereocenters. The molecule has 6 rings (SSSR count). The first-order valence-corrected chi connectivity index (χ1v) is 13.2. The standard InChI is InChI=1S/C31H34O5/c1-3-4-29(35-20(2)32)36-28-12-9-22(6-5-21-7-10-26(11-8-21)30(33)34)16-27(28)31-17-23-13-24(18-31)15-25(14-23)19-31/h7-12,16,23-25,29H,3-4,13-15,17-19H2,1-2H3,(H,33,34). The van der Waals surface area contributed by atoms with Gasteiger partial charge in [-0.05, 0) is 111 Å². The van der Waals surface area contributed by atoms with Gasteiger partial charge in [0.1, 0.15) is 5.75 Å². The van der Waals surface area contributed by atoms with Crippen molar-refractivity contribution in [3.8, 4) is 17.6 Å². The fourth-order valence-electron chi connectivity index (χ4n) is 7.11. The van der Waals surface area contributed by atoms with E-state index < -0.39 is 12.3 Å². The molecule has 4 aliphatic carbocycles. The van der Waals surface area contributed by atoms with Crippen LogP contribution in [0.5, 0.6) is 5.75 Å². The number of ether oxygens (including phenoxy) is 2. The van der Waals surface area contributed by atoms with Crippen molar-refractivity contribution in [2.24, 2.45) is 17.8 Å². The predicted molar refractivity (Wildman–Crippen MR) is 137 cm³/mol. The third kappa shape index (κ3) is 5.14. The number of benzene rings is 2. The molecule has 1 atom stereocenters. The number of rotatable bonds is 7. The van der Waals surface area contributed by atoms with Crippen molar-refractivity contribution in [1.29, 1.82) is 0 Å². The van der Waals surface area contributed by atoms with E-state index in [9.17, 15) is 9.59 Å². The molecule has 2 aromatic rings. The van der Waals surface area contributed by atoms with E-state index in [1.54, 1.807) is 24.3 Å². The number of carbonyl (C=O) groups excluding carboxylic acids is 1. The van der Waals surface area contributed by atoms with Gasteiger partial charge < -0.3 is 14.6 Å². The first-order valence-electron chi connectivity index (χ1n) is 13.2. The number of hydrogen-bond acceptors (Lipinski definition) is 4. The molecule has 0 saturated heterocycles. The van der Waals surface area contributed by atoms with Crippen LogP contribution in [-0.4, -0.2) is 23.3 Å². The average molecular weight is 487 g/mol. The van der Waals surface area contributed by atoms with Crippen molar-refractivity contribution in [2.45, 2.75) is 76.9 Å². The lowest BCUT2D eigenvalue weighted by Crippen LogP contribution is -2.48. The molecule has 0 aliphatic heterocycles. The highest BCUT2D eigenvalue weighted by molar-refractivity contribution is 5.87. The Morgan fingerprint density at radius 1 is 0.972 bits per heavy atom. The minimum Gasteiger partial charge on any atom is -0.478 e. The van der Waals surface area contributed by atoms with Crippen molar-refractivity contribution in [3.63, 3.8) is 0 Å². The molecule has 0 aromatic heterocycles. The fraction of sp³-hybridized carbons (Fsp3) is 0.484. The zero-order valence-corrected chi connectivity index (χ0v) is 21.1. The van der Waals surface area contributed by atoms with Gasteiger partial charge in [-0.15, -0.1) is 0 Å². The molecule has 5 heteroatoms. The Bertz CT molecular complexity index is 1160. The number of carboxylic acid groups (broad SMARTS) is 1. The maximum absolute atomic E-state index is 11.7. The van der Waals surface area contributed by atoms with Gasteiger partial charge >= 0.3 is 11.9 Å². The minimum atomic E-state index is -0.944. The maximum Gasteiger partial charge on any atom is 0.335 e. The largest absolute Gasteiger partial charge is 0.478 e. The number of esters is 1. The van der Waals surface area contributed by atoms with E-state index in [-0.39, 0.29) is 16.9 Å². The van der Waals surface area contributed by atoms with Crippen LogP contribution in [0.1, 0.15) is 92.3 Å². The Morgan fingerprint density at radius 3 is 2.11 bits per heavy atom. The van der Waals surface area contributed by atoms with Crippen LogP contribution in [0.2, 0.25) is 0 Å². The first kappa shape index (κ1) is 24.4. The lowest BCUT2D eigenvalue weighted by molar-refractivity contribution is -0.161. The van der Waals surface area contributed by atoms with Crippen molar-refractivity contribution < 1.29 is 24.2 Å². The maximum atomic E-state index is 11.7. The average Bonchev–Trinajstić information content (AvgIpc) is 2.82. The second-order valence-electron chi connectivity index (χ2n) is 11.0. The summed E-state index contributed by atoms with van der Waals surface area (Å²) >= 11 is 0. The Labute approximate surface area is 213 Å². The topological polar surface area (TPSA) is 72.8 Å². The smallest absolute Gasteiger partial charge is 0.335 e. The summed E-state index contributed by atoms with van der Waals surface area (Å²) in [6.45, 7) is 3.48. The SMILES string of the molecule is CCCC(OC(C)=O)Oc1ccc(C#Cc2ccc(C(=O)O)cc2)cc1C12CC3CC(CC(C3)C1)C2. The van der Waals surface area contributed by atoms with E-state index in [4.69, 9.17) is 14.6 Å². The van der Waals surface area contributed by atoms with Crippen LogP contribution >= 0.6 is 0 Å². The quantitative estimate of drug-likeness (QED) is 0.282. The molecule has 0 amide bonds. The normalized spacial score (nSPS) is 26.6. The van der Waals surface area contributed by atoms with Gasteiger partial charge in [-0.3, -0.25) is 4.79 Å². The van der Waals surface area contributed by atoms with Gasteiger partial charge in [0.15, 0.2) is 0 Å². The van der Waals surface area contributed by atoms with Crippen LogP contribution in [0.15, 0.2) is 42.5 Å². The fourth-order valence-corrected chi connectivity index (χ4v) is 7.11. The summed E-state index contributed by atoms with van der Waals surface area (Å²) in [6.07, 6.45) is 8.54. The van der Waals surface area contributed by atoms with Gasteiger partial charge in [0.25, 0.3) is 0 Å². The Morgan fingerprint density at radius 2 is 1.56 bits per heavy atom. The second kappa shape index (κ2) is 10.0. The predicted octanol–water partition coefficient (Wildman–Crippen LogP) is 6.32. The van der Waals surface area contributed by atoms with E-state index in [0.717, 1.165) is 41.1 Å². The summed E-state index contributed by atoms with van der Waals surface area (Å²) in [5.74, 6) is 8.35. The summed E-state index contributed by atoms with van der Waals surface area (Å²) in [5.41, 5.74) is 3.24. The Balaban J connectivity index is 1.49. The van der Waals surface area contributed by atoms with E-state index in [1.807, 2.05) is 12.1 Å². The van der Waals surface area contributed by atoms with Crippen LogP contribution < -0.4 is 4.74 Å². The third-order valence-electron chi connectivity index (χ3n) is 8.15. The molecule has 0 radical (unpaired) electrons. The summed E-state index contributed by atoms with van der Waals surface area (Å²) in [5, 5.41) is 9.13. The molecular formula is C31H34O5. The highest BCUT2D eigenvalue weighted by atomic mass is 16.7.